The highest BCUT2D eigenvalue weighted by molar-refractivity contribution is 6.00. The van der Waals surface area contributed by atoms with E-state index in [9.17, 15) is 4.79 Å². The minimum absolute atomic E-state index is 0.0805. The fourth-order valence-corrected chi connectivity index (χ4v) is 2.23. The first-order chi connectivity index (χ1) is 8.06. The summed E-state index contributed by atoms with van der Waals surface area (Å²) in [4.78, 5) is 11.7. The fourth-order valence-electron chi connectivity index (χ4n) is 2.23. The van der Waals surface area contributed by atoms with Gasteiger partial charge in [0.25, 0.3) is 0 Å². The van der Waals surface area contributed by atoms with Crippen LogP contribution >= 0.6 is 0 Å². The standard InChI is InChI=1S/C14H17NO2/c1-9(2)15-12-6-5-7-14(17-4)11(12)8-13(15)10(3)16/h5-9H,1-4H3. The predicted octanol–water partition coefficient (Wildman–Crippen LogP) is 3.43. The van der Waals surface area contributed by atoms with Crippen molar-refractivity contribution in [2.24, 2.45) is 0 Å². The molecule has 1 aromatic carbocycles. The molecule has 3 heteroatoms. The molecule has 0 atom stereocenters. The van der Waals surface area contributed by atoms with Crippen molar-refractivity contribution in [3.63, 3.8) is 0 Å². The van der Waals surface area contributed by atoms with E-state index in [1.165, 1.54) is 0 Å². The summed E-state index contributed by atoms with van der Waals surface area (Å²) in [7, 11) is 1.65. The average molecular weight is 231 g/mol. The van der Waals surface area contributed by atoms with Crippen LogP contribution in [0.4, 0.5) is 0 Å². The normalized spacial score (nSPS) is 11.1. The van der Waals surface area contributed by atoms with Gasteiger partial charge in [0.2, 0.25) is 0 Å². The molecule has 0 N–H and O–H groups in total. The topological polar surface area (TPSA) is 31.2 Å². The first-order valence-corrected chi connectivity index (χ1v) is 5.75. The number of nitrogens with zero attached hydrogens (tertiary/aromatic N) is 1. The van der Waals surface area contributed by atoms with E-state index in [4.69, 9.17) is 4.74 Å². The summed E-state index contributed by atoms with van der Waals surface area (Å²) in [5, 5.41) is 0.994. The zero-order chi connectivity index (χ0) is 12.6. The smallest absolute Gasteiger partial charge is 0.176 e. The molecule has 1 heterocycles. The Morgan fingerprint density at radius 3 is 2.59 bits per heavy atom. The lowest BCUT2D eigenvalue weighted by Gasteiger charge is -2.13. The van der Waals surface area contributed by atoms with Gasteiger partial charge in [0.05, 0.1) is 18.3 Å². The molecule has 17 heavy (non-hydrogen) atoms. The Bertz CT molecular complexity index is 567. The van der Waals surface area contributed by atoms with Gasteiger partial charge in [-0.2, -0.15) is 0 Å². The van der Waals surface area contributed by atoms with Gasteiger partial charge in [-0.25, -0.2) is 0 Å². The number of Topliss-reactive ketones (excluding diaryl/α,β-unsaturated/α-hetero) is 1. The van der Waals surface area contributed by atoms with Crippen molar-refractivity contribution in [3.8, 4) is 5.75 Å². The third-order valence-corrected chi connectivity index (χ3v) is 2.94. The molecule has 0 saturated carbocycles. The van der Waals surface area contributed by atoms with Crippen LogP contribution < -0.4 is 4.74 Å². The molecular weight excluding hydrogens is 214 g/mol. The second-order valence-corrected chi connectivity index (χ2v) is 4.44. The summed E-state index contributed by atoms with van der Waals surface area (Å²) in [6.07, 6.45) is 0. The van der Waals surface area contributed by atoms with Crippen molar-refractivity contribution in [3.05, 3.63) is 30.0 Å². The molecule has 0 bridgehead atoms. The zero-order valence-corrected chi connectivity index (χ0v) is 10.7. The van der Waals surface area contributed by atoms with E-state index in [0.29, 0.717) is 0 Å². The Hall–Kier alpha value is -1.77. The van der Waals surface area contributed by atoms with Crippen molar-refractivity contribution in [1.82, 2.24) is 4.57 Å². The van der Waals surface area contributed by atoms with Crippen molar-refractivity contribution in [2.75, 3.05) is 7.11 Å². The predicted molar refractivity (Wildman–Crippen MR) is 68.9 cm³/mol. The lowest BCUT2D eigenvalue weighted by Crippen LogP contribution is -2.08. The maximum atomic E-state index is 11.7. The molecule has 0 spiro atoms. The molecule has 0 amide bonds. The molecule has 2 rings (SSSR count). The summed E-state index contributed by atoms with van der Waals surface area (Å²) in [6, 6.07) is 8.04. The van der Waals surface area contributed by atoms with Crippen molar-refractivity contribution >= 4 is 16.7 Å². The molecule has 0 radical (unpaired) electrons. The second-order valence-electron chi connectivity index (χ2n) is 4.44. The molecule has 0 unspecified atom stereocenters. The van der Waals surface area contributed by atoms with Gasteiger partial charge in [-0.3, -0.25) is 4.79 Å². The van der Waals surface area contributed by atoms with E-state index in [1.54, 1.807) is 14.0 Å². The molecule has 0 aliphatic rings. The van der Waals surface area contributed by atoms with Crippen molar-refractivity contribution in [1.29, 1.82) is 0 Å². The zero-order valence-electron chi connectivity index (χ0n) is 10.7. The summed E-state index contributed by atoms with van der Waals surface area (Å²) >= 11 is 0. The number of hydrogen-bond donors (Lipinski definition) is 0. The molecule has 3 nitrogen and oxygen atoms in total. The summed E-state index contributed by atoms with van der Waals surface area (Å²) < 4.78 is 7.39. The molecule has 90 valence electrons. The summed E-state index contributed by atoms with van der Waals surface area (Å²) in [5.41, 5.74) is 1.78. The lowest BCUT2D eigenvalue weighted by molar-refractivity contribution is 0.100. The quantitative estimate of drug-likeness (QED) is 0.758. The van der Waals surface area contributed by atoms with Crippen LogP contribution in [0.15, 0.2) is 24.3 Å². The monoisotopic (exact) mass is 231 g/mol. The van der Waals surface area contributed by atoms with Crippen molar-refractivity contribution in [2.45, 2.75) is 26.8 Å². The number of ether oxygens (including phenoxy) is 1. The maximum absolute atomic E-state index is 11.7. The molecule has 0 aliphatic heterocycles. The minimum atomic E-state index is 0.0805. The van der Waals surface area contributed by atoms with Crippen LogP contribution in [0.25, 0.3) is 10.9 Å². The van der Waals surface area contributed by atoms with Crippen LogP contribution in [0, 0.1) is 0 Å². The first kappa shape index (κ1) is 11.7. The molecule has 0 aliphatic carbocycles. The molecule has 0 saturated heterocycles. The Balaban J connectivity index is 2.83. The van der Waals surface area contributed by atoms with E-state index in [-0.39, 0.29) is 11.8 Å². The molecule has 1 aromatic heterocycles. The Labute approximate surface area is 101 Å². The molecule has 0 fully saturated rings. The van der Waals surface area contributed by atoms with E-state index < -0.39 is 0 Å². The highest BCUT2D eigenvalue weighted by Crippen LogP contribution is 2.31. The van der Waals surface area contributed by atoms with E-state index in [0.717, 1.165) is 22.3 Å². The highest BCUT2D eigenvalue weighted by atomic mass is 16.5. The third-order valence-electron chi connectivity index (χ3n) is 2.94. The Morgan fingerprint density at radius 2 is 2.06 bits per heavy atom. The van der Waals surface area contributed by atoms with Gasteiger partial charge >= 0.3 is 0 Å². The number of rotatable bonds is 3. The average Bonchev–Trinajstić information content (AvgIpc) is 2.67. The van der Waals surface area contributed by atoms with Crippen LogP contribution in [-0.4, -0.2) is 17.5 Å². The molecular formula is C14H17NO2. The minimum Gasteiger partial charge on any atom is -0.496 e. The summed E-state index contributed by atoms with van der Waals surface area (Å²) in [5.74, 6) is 0.890. The second kappa shape index (κ2) is 4.24. The Morgan fingerprint density at radius 1 is 1.35 bits per heavy atom. The summed E-state index contributed by atoms with van der Waals surface area (Å²) in [6.45, 7) is 5.75. The van der Waals surface area contributed by atoms with Gasteiger partial charge in [-0.1, -0.05) is 6.07 Å². The van der Waals surface area contributed by atoms with Crippen LogP contribution in [-0.2, 0) is 0 Å². The van der Waals surface area contributed by atoms with Crippen LogP contribution in [0.2, 0.25) is 0 Å². The van der Waals surface area contributed by atoms with Gasteiger partial charge in [0.15, 0.2) is 5.78 Å². The van der Waals surface area contributed by atoms with Crippen LogP contribution in [0.3, 0.4) is 0 Å². The van der Waals surface area contributed by atoms with Crippen molar-refractivity contribution < 1.29 is 9.53 Å². The van der Waals surface area contributed by atoms with Gasteiger partial charge < -0.3 is 9.30 Å². The van der Waals surface area contributed by atoms with Crippen LogP contribution in [0.5, 0.6) is 5.75 Å². The van der Waals surface area contributed by atoms with Gasteiger partial charge in [-0.05, 0) is 32.0 Å². The number of aromatic nitrogens is 1. The number of benzene rings is 1. The SMILES string of the molecule is COc1cccc2c1cc(C(C)=O)n2C(C)C. The van der Waals surface area contributed by atoms with Gasteiger partial charge in [-0.15, -0.1) is 0 Å². The number of methoxy groups -OCH3 is 1. The van der Waals surface area contributed by atoms with Gasteiger partial charge in [0.1, 0.15) is 5.75 Å². The number of ketones is 1. The van der Waals surface area contributed by atoms with E-state index in [2.05, 4.69) is 18.4 Å². The highest BCUT2D eigenvalue weighted by Gasteiger charge is 2.16. The number of carbonyl (C=O) groups is 1. The van der Waals surface area contributed by atoms with Gasteiger partial charge in [0, 0.05) is 18.4 Å². The first-order valence-electron chi connectivity index (χ1n) is 5.75. The third kappa shape index (κ3) is 1.82. The fraction of sp³-hybridized carbons (Fsp3) is 0.357. The Kier molecular flexibility index (Phi) is 2.92. The number of hydrogen-bond acceptors (Lipinski definition) is 2. The number of carbonyl (C=O) groups excluding carboxylic acids is 1. The largest absolute Gasteiger partial charge is 0.496 e. The van der Waals surface area contributed by atoms with E-state index in [1.807, 2.05) is 24.3 Å². The number of fused-ring (bicyclic) bond motifs is 1. The maximum Gasteiger partial charge on any atom is 0.176 e. The van der Waals surface area contributed by atoms with Crippen LogP contribution in [0.1, 0.15) is 37.3 Å². The molecule has 2 aromatic rings. The van der Waals surface area contributed by atoms with E-state index >= 15 is 0 Å². The lowest BCUT2D eigenvalue weighted by atomic mass is 10.2.